The van der Waals surface area contributed by atoms with E-state index in [0.29, 0.717) is 31.7 Å². The lowest BCUT2D eigenvalue weighted by Crippen LogP contribution is -2.50. The molecule has 3 aromatic carbocycles. The number of rotatable bonds is 14. The molecular weight excluding hydrogens is 478 g/mol. The van der Waals surface area contributed by atoms with Crippen LogP contribution in [0.2, 0.25) is 0 Å². The molecule has 0 saturated heterocycles. The Morgan fingerprint density at radius 2 is 1.68 bits per heavy atom. The summed E-state index contributed by atoms with van der Waals surface area (Å²) >= 11 is 0. The summed E-state index contributed by atoms with van der Waals surface area (Å²) in [5, 5.41) is 6.33. The topological polar surface area (TPSA) is 79.9 Å². The van der Waals surface area contributed by atoms with Gasteiger partial charge in [0.15, 0.2) is 0 Å². The maximum atomic E-state index is 13.8. The summed E-state index contributed by atoms with van der Waals surface area (Å²) in [7, 11) is 1.63. The molecule has 0 heterocycles. The fourth-order valence-corrected chi connectivity index (χ4v) is 4.07. The van der Waals surface area contributed by atoms with Crippen molar-refractivity contribution in [2.45, 2.75) is 39.8 Å². The first kappa shape index (κ1) is 28.7. The monoisotopic (exact) mass is 517 g/mol. The number of carbonyl (C=O) groups excluding carboxylic acids is 2. The largest absolute Gasteiger partial charge is 0.497 e. The minimum atomic E-state index is -0.663. The maximum absolute atomic E-state index is 13.8. The Morgan fingerprint density at radius 3 is 2.34 bits per heavy atom. The van der Waals surface area contributed by atoms with Crippen molar-refractivity contribution in [3.05, 3.63) is 95.6 Å². The highest BCUT2D eigenvalue weighted by atomic mass is 16.5. The van der Waals surface area contributed by atoms with Gasteiger partial charge in [0.25, 0.3) is 5.91 Å². The van der Waals surface area contributed by atoms with Crippen LogP contribution in [0.4, 0.5) is 5.69 Å². The second-order valence-corrected chi connectivity index (χ2v) is 9.75. The molecule has 7 nitrogen and oxygen atoms in total. The van der Waals surface area contributed by atoms with Crippen molar-refractivity contribution in [2.75, 3.05) is 32.2 Å². The second-order valence-electron chi connectivity index (χ2n) is 9.75. The van der Waals surface area contributed by atoms with Gasteiger partial charge in [-0.1, -0.05) is 61.9 Å². The third kappa shape index (κ3) is 9.23. The Balaban J connectivity index is 1.70. The summed E-state index contributed by atoms with van der Waals surface area (Å²) in [6.07, 6.45) is 0.525. The van der Waals surface area contributed by atoms with Crippen LogP contribution in [0.1, 0.15) is 41.8 Å². The molecule has 0 fully saturated rings. The van der Waals surface area contributed by atoms with Crippen molar-refractivity contribution in [3.8, 4) is 5.75 Å². The van der Waals surface area contributed by atoms with Crippen molar-refractivity contribution in [3.63, 3.8) is 0 Å². The third-order valence-electron chi connectivity index (χ3n) is 6.06. The molecule has 7 heteroatoms. The van der Waals surface area contributed by atoms with Crippen LogP contribution in [-0.2, 0) is 16.1 Å². The first-order valence-corrected chi connectivity index (χ1v) is 13.0. The van der Waals surface area contributed by atoms with Crippen LogP contribution in [-0.4, -0.2) is 49.7 Å². The normalized spacial score (nSPS) is 11.6. The number of benzene rings is 3. The van der Waals surface area contributed by atoms with E-state index >= 15 is 0 Å². The van der Waals surface area contributed by atoms with Crippen LogP contribution >= 0.6 is 0 Å². The van der Waals surface area contributed by atoms with Crippen LogP contribution in [0.3, 0.4) is 0 Å². The fraction of sp³-hybridized carbons (Fsp3) is 0.355. The zero-order chi connectivity index (χ0) is 27.3. The fourth-order valence-electron chi connectivity index (χ4n) is 4.07. The van der Waals surface area contributed by atoms with Gasteiger partial charge in [0.2, 0.25) is 5.91 Å². The van der Waals surface area contributed by atoms with Gasteiger partial charge in [-0.15, -0.1) is 0 Å². The van der Waals surface area contributed by atoms with Gasteiger partial charge in [0.05, 0.1) is 13.7 Å². The standard InChI is InChI=1S/C31H39N3O4/c1-23(2)19-29(33-30(35)26-12-8-9-24(3)20-26)31(36)34(22-38-21-25-10-6-5-7-11-25)18-17-32-27-13-15-28(37-4)16-14-27/h5-16,20,23,29,32H,17-19,21-22H2,1-4H3,(H,33,35)/t29-/m1/s1. The van der Waals surface area contributed by atoms with Crippen molar-refractivity contribution >= 4 is 17.5 Å². The number of anilines is 1. The lowest BCUT2D eigenvalue weighted by molar-refractivity contribution is -0.139. The molecule has 2 N–H and O–H groups in total. The van der Waals surface area contributed by atoms with Crippen molar-refractivity contribution in [2.24, 2.45) is 5.92 Å². The van der Waals surface area contributed by atoms with Crippen LogP contribution < -0.4 is 15.4 Å². The molecule has 3 rings (SSSR count). The van der Waals surface area contributed by atoms with E-state index in [1.165, 1.54) is 0 Å². The minimum absolute atomic E-state index is 0.118. The van der Waals surface area contributed by atoms with Crippen LogP contribution in [0.25, 0.3) is 0 Å². The highest BCUT2D eigenvalue weighted by Crippen LogP contribution is 2.15. The van der Waals surface area contributed by atoms with E-state index in [2.05, 4.69) is 10.6 Å². The van der Waals surface area contributed by atoms with E-state index in [1.807, 2.05) is 93.6 Å². The number of nitrogens with one attached hydrogen (secondary N) is 2. The Bertz CT molecular complexity index is 1150. The van der Waals surface area contributed by atoms with Crippen molar-refractivity contribution in [1.82, 2.24) is 10.2 Å². The smallest absolute Gasteiger partial charge is 0.251 e. The number of amides is 2. The van der Waals surface area contributed by atoms with Crippen LogP contribution in [0.5, 0.6) is 5.75 Å². The van der Waals surface area contributed by atoms with E-state index < -0.39 is 6.04 Å². The van der Waals surface area contributed by atoms with Crippen LogP contribution in [0, 0.1) is 12.8 Å². The molecule has 3 aromatic rings. The number of hydrogen-bond acceptors (Lipinski definition) is 5. The van der Waals surface area contributed by atoms with Crippen molar-refractivity contribution in [1.29, 1.82) is 0 Å². The molecule has 0 unspecified atom stereocenters. The number of methoxy groups -OCH3 is 1. The molecule has 0 aliphatic rings. The molecule has 202 valence electrons. The SMILES string of the molecule is COc1ccc(NCCN(COCc2ccccc2)C(=O)[C@@H](CC(C)C)NC(=O)c2cccc(C)c2)cc1. The number of aryl methyl sites for hydroxylation is 1. The maximum Gasteiger partial charge on any atom is 0.251 e. The highest BCUT2D eigenvalue weighted by Gasteiger charge is 2.27. The molecule has 38 heavy (non-hydrogen) atoms. The van der Waals surface area contributed by atoms with Gasteiger partial charge in [-0.25, -0.2) is 0 Å². The molecule has 0 saturated carbocycles. The zero-order valence-electron chi connectivity index (χ0n) is 22.8. The number of ether oxygens (including phenoxy) is 2. The quantitative estimate of drug-likeness (QED) is 0.285. The number of hydrogen-bond donors (Lipinski definition) is 2. The minimum Gasteiger partial charge on any atom is -0.497 e. The first-order valence-electron chi connectivity index (χ1n) is 13.0. The molecule has 0 aromatic heterocycles. The summed E-state index contributed by atoms with van der Waals surface area (Å²) < 4.78 is 11.2. The molecule has 0 radical (unpaired) electrons. The number of carbonyl (C=O) groups is 2. The Labute approximate surface area is 226 Å². The van der Waals surface area contributed by atoms with Gasteiger partial charge in [0.1, 0.15) is 18.5 Å². The first-order chi connectivity index (χ1) is 18.4. The lowest BCUT2D eigenvalue weighted by atomic mass is 10.0. The van der Waals surface area contributed by atoms with Crippen LogP contribution in [0.15, 0.2) is 78.9 Å². The summed E-state index contributed by atoms with van der Waals surface area (Å²) in [6.45, 7) is 7.46. The third-order valence-corrected chi connectivity index (χ3v) is 6.06. The zero-order valence-corrected chi connectivity index (χ0v) is 22.8. The average molecular weight is 518 g/mol. The average Bonchev–Trinajstić information content (AvgIpc) is 2.92. The Kier molecular flexibility index (Phi) is 11.2. The number of nitrogens with zero attached hydrogens (tertiary/aromatic N) is 1. The molecule has 0 aliphatic heterocycles. The highest BCUT2D eigenvalue weighted by molar-refractivity contribution is 5.97. The molecule has 1 atom stereocenters. The molecule has 0 aliphatic carbocycles. The summed E-state index contributed by atoms with van der Waals surface area (Å²) in [6, 6.07) is 24.2. The molecule has 0 bridgehead atoms. The van der Waals surface area contributed by atoms with Gasteiger partial charge < -0.3 is 25.0 Å². The van der Waals surface area contributed by atoms with Gasteiger partial charge in [0, 0.05) is 24.3 Å². The van der Waals surface area contributed by atoms with E-state index in [1.54, 1.807) is 18.1 Å². The Morgan fingerprint density at radius 1 is 0.947 bits per heavy atom. The Hall–Kier alpha value is -3.84. The van der Waals surface area contributed by atoms with E-state index in [4.69, 9.17) is 9.47 Å². The lowest BCUT2D eigenvalue weighted by Gasteiger charge is -2.29. The van der Waals surface area contributed by atoms with Gasteiger partial charge in [-0.3, -0.25) is 9.59 Å². The van der Waals surface area contributed by atoms with E-state index in [9.17, 15) is 9.59 Å². The predicted molar refractivity (Wildman–Crippen MR) is 151 cm³/mol. The van der Waals surface area contributed by atoms with Gasteiger partial charge >= 0.3 is 0 Å². The molecule has 2 amide bonds. The predicted octanol–water partition coefficient (Wildman–Crippen LogP) is 5.26. The van der Waals surface area contributed by atoms with E-state index in [-0.39, 0.29) is 24.5 Å². The summed E-state index contributed by atoms with van der Waals surface area (Å²) in [4.78, 5) is 28.5. The second kappa shape index (κ2) is 14.8. The van der Waals surface area contributed by atoms with Gasteiger partial charge in [-0.05, 0) is 61.2 Å². The van der Waals surface area contributed by atoms with Crippen molar-refractivity contribution < 1.29 is 19.1 Å². The summed E-state index contributed by atoms with van der Waals surface area (Å²) in [5.74, 6) is 0.576. The van der Waals surface area contributed by atoms with Gasteiger partial charge in [-0.2, -0.15) is 0 Å². The van der Waals surface area contributed by atoms with E-state index in [0.717, 1.165) is 22.6 Å². The molecule has 0 spiro atoms. The summed E-state index contributed by atoms with van der Waals surface area (Å²) in [5.41, 5.74) is 3.49. The molecular formula is C31H39N3O4.